The van der Waals surface area contributed by atoms with Crippen LogP contribution in [0.25, 0.3) is 0 Å². The van der Waals surface area contributed by atoms with Crippen molar-refractivity contribution in [1.29, 1.82) is 0 Å². The van der Waals surface area contributed by atoms with Gasteiger partial charge in [0.25, 0.3) is 5.69 Å². The fourth-order valence-corrected chi connectivity index (χ4v) is 5.02. The van der Waals surface area contributed by atoms with Crippen LogP contribution in [0.15, 0.2) is 23.1 Å². The number of nitro benzene ring substituents is 1. The number of nitro groups is 1. The van der Waals surface area contributed by atoms with Crippen LogP contribution in [0.4, 0.5) is 11.4 Å². The first-order valence-corrected chi connectivity index (χ1v) is 10.6. The molecule has 0 aromatic heterocycles. The average Bonchev–Trinajstić information content (AvgIpc) is 3.31. The van der Waals surface area contributed by atoms with Crippen LogP contribution in [-0.2, 0) is 14.8 Å². The summed E-state index contributed by atoms with van der Waals surface area (Å²) in [5.74, 6) is 0.150. The maximum Gasteiger partial charge on any atom is 0.293 e. The maximum atomic E-state index is 12.6. The van der Waals surface area contributed by atoms with E-state index in [9.17, 15) is 23.3 Å². The number of hydrogen-bond acceptors (Lipinski definition) is 6. The van der Waals surface area contributed by atoms with E-state index >= 15 is 0 Å². The van der Waals surface area contributed by atoms with E-state index in [4.69, 9.17) is 0 Å². The third kappa shape index (κ3) is 4.38. The van der Waals surface area contributed by atoms with Gasteiger partial charge in [-0.3, -0.25) is 14.9 Å². The third-order valence-electron chi connectivity index (χ3n) is 4.96. The predicted octanol–water partition coefficient (Wildman–Crippen LogP) is 1.80. The van der Waals surface area contributed by atoms with Gasteiger partial charge in [-0.1, -0.05) is 0 Å². The zero-order valence-corrected chi connectivity index (χ0v) is 15.9. The van der Waals surface area contributed by atoms with Gasteiger partial charge in [0.05, 0.1) is 9.82 Å². The number of sulfonamides is 1. The molecule has 0 spiro atoms. The molecule has 2 saturated heterocycles. The molecule has 0 bridgehead atoms. The standard InChI is InChI=1S/C17H24N4O5S/c22-17-5-3-9-19(17)10-4-8-18-15-7-6-14(13-16(15)21(23)24)27(25,26)20-11-1-2-12-20/h6-7,13,18H,1-5,8-12H2. The first kappa shape index (κ1) is 19.6. The van der Waals surface area contributed by atoms with Crippen LogP contribution >= 0.6 is 0 Å². The van der Waals surface area contributed by atoms with Crippen molar-refractivity contribution in [2.45, 2.75) is 37.0 Å². The van der Waals surface area contributed by atoms with Crippen molar-refractivity contribution >= 4 is 27.3 Å². The minimum atomic E-state index is -3.70. The first-order valence-electron chi connectivity index (χ1n) is 9.20. The Bertz CT molecular complexity index is 821. The summed E-state index contributed by atoms with van der Waals surface area (Å²) in [4.78, 5) is 24.2. The Morgan fingerprint density at radius 1 is 1.15 bits per heavy atom. The Hall–Kier alpha value is -2.20. The molecule has 1 aromatic rings. The van der Waals surface area contributed by atoms with E-state index in [2.05, 4.69) is 5.32 Å². The van der Waals surface area contributed by atoms with Crippen molar-refractivity contribution in [2.24, 2.45) is 0 Å². The van der Waals surface area contributed by atoms with Crippen LogP contribution in [0, 0.1) is 10.1 Å². The summed E-state index contributed by atoms with van der Waals surface area (Å²) in [6.07, 6.45) is 3.74. The zero-order chi connectivity index (χ0) is 19.4. The van der Waals surface area contributed by atoms with Crippen molar-refractivity contribution < 1.29 is 18.1 Å². The minimum absolute atomic E-state index is 0.0516. The van der Waals surface area contributed by atoms with E-state index in [1.807, 2.05) is 0 Å². The van der Waals surface area contributed by atoms with Gasteiger partial charge in [0.1, 0.15) is 5.69 Å². The highest BCUT2D eigenvalue weighted by Gasteiger charge is 2.29. The van der Waals surface area contributed by atoms with Crippen LogP contribution < -0.4 is 5.32 Å². The summed E-state index contributed by atoms with van der Waals surface area (Å²) in [5, 5.41) is 14.4. The van der Waals surface area contributed by atoms with Gasteiger partial charge in [0.15, 0.2) is 0 Å². The van der Waals surface area contributed by atoms with Gasteiger partial charge in [0.2, 0.25) is 15.9 Å². The van der Waals surface area contributed by atoms with Crippen LogP contribution in [0.2, 0.25) is 0 Å². The molecule has 0 aliphatic carbocycles. The van der Waals surface area contributed by atoms with Crippen molar-refractivity contribution in [3.8, 4) is 0 Å². The van der Waals surface area contributed by atoms with E-state index in [0.29, 0.717) is 39.0 Å². The number of amides is 1. The van der Waals surface area contributed by atoms with E-state index in [-0.39, 0.29) is 22.2 Å². The highest BCUT2D eigenvalue weighted by atomic mass is 32.2. The van der Waals surface area contributed by atoms with Gasteiger partial charge in [-0.15, -0.1) is 0 Å². The number of hydrogen-bond donors (Lipinski definition) is 1. The Morgan fingerprint density at radius 3 is 2.52 bits per heavy atom. The Morgan fingerprint density at radius 2 is 1.89 bits per heavy atom. The molecule has 1 N–H and O–H groups in total. The molecule has 2 fully saturated rings. The number of anilines is 1. The summed E-state index contributed by atoms with van der Waals surface area (Å²) in [7, 11) is -3.70. The summed E-state index contributed by atoms with van der Waals surface area (Å²) >= 11 is 0. The number of carbonyl (C=O) groups excluding carboxylic acids is 1. The lowest BCUT2D eigenvalue weighted by atomic mass is 10.2. The molecule has 3 rings (SSSR count). The molecular formula is C17H24N4O5S. The molecule has 2 aliphatic heterocycles. The average molecular weight is 396 g/mol. The van der Waals surface area contributed by atoms with Crippen LogP contribution in [-0.4, -0.2) is 61.2 Å². The molecule has 10 heteroatoms. The quantitative estimate of drug-likeness (QED) is 0.407. The normalized spacial score (nSPS) is 18.2. The largest absolute Gasteiger partial charge is 0.379 e. The van der Waals surface area contributed by atoms with Crippen molar-refractivity contribution in [3.63, 3.8) is 0 Å². The molecule has 1 amide bonds. The van der Waals surface area contributed by atoms with Gasteiger partial charge in [-0.25, -0.2) is 8.42 Å². The molecule has 1 aromatic carbocycles. The lowest BCUT2D eigenvalue weighted by Gasteiger charge is -2.17. The zero-order valence-electron chi connectivity index (χ0n) is 15.1. The molecule has 2 aliphatic rings. The summed E-state index contributed by atoms with van der Waals surface area (Å²) in [6, 6.07) is 3.98. The topological polar surface area (TPSA) is 113 Å². The smallest absolute Gasteiger partial charge is 0.293 e. The van der Waals surface area contributed by atoms with Crippen LogP contribution in [0.1, 0.15) is 32.1 Å². The monoisotopic (exact) mass is 396 g/mol. The van der Waals surface area contributed by atoms with Crippen molar-refractivity contribution in [3.05, 3.63) is 28.3 Å². The second-order valence-electron chi connectivity index (χ2n) is 6.81. The number of benzene rings is 1. The molecule has 2 heterocycles. The fourth-order valence-electron chi connectivity index (χ4n) is 3.48. The lowest BCUT2D eigenvalue weighted by molar-refractivity contribution is -0.384. The lowest BCUT2D eigenvalue weighted by Crippen LogP contribution is -2.28. The first-order chi connectivity index (χ1) is 12.9. The number of carbonyl (C=O) groups is 1. The number of rotatable bonds is 8. The van der Waals surface area contributed by atoms with Crippen LogP contribution in [0.5, 0.6) is 0 Å². The molecule has 0 atom stereocenters. The van der Waals surface area contributed by atoms with Gasteiger partial charge in [0, 0.05) is 45.2 Å². The summed E-state index contributed by atoms with van der Waals surface area (Å²) < 4.78 is 26.6. The Balaban J connectivity index is 1.66. The molecule has 0 radical (unpaired) electrons. The van der Waals surface area contributed by atoms with E-state index in [1.165, 1.54) is 16.4 Å². The SMILES string of the molecule is O=C1CCCN1CCCNc1ccc(S(=O)(=O)N2CCCC2)cc1[N+](=O)[O-]. The van der Waals surface area contributed by atoms with E-state index in [0.717, 1.165) is 31.9 Å². The van der Waals surface area contributed by atoms with Gasteiger partial charge in [-0.2, -0.15) is 4.31 Å². The summed E-state index contributed by atoms with van der Waals surface area (Å²) in [6.45, 7) is 2.74. The highest BCUT2D eigenvalue weighted by molar-refractivity contribution is 7.89. The number of nitrogens with zero attached hydrogens (tertiary/aromatic N) is 3. The molecule has 0 saturated carbocycles. The Kier molecular flexibility index (Phi) is 5.95. The summed E-state index contributed by atoms with van der Waals surface area (Å²) in [5.41, 5.74) is 0.0284. The van der Waals surface area contributed by atoms with Crippen molar-refractivity contribution in [2.75, 3.05) is 38.0 Å². The molecule has 148 valence electrons. The number of nitrogens with one attached hydrogen (secondary N) is 1. The fraction of sp³-hybridized carbons (Fsp3) is 0.588. The molecule has 0 unspecified atom stereocenters. The molecule has 27 heavy (non-hydrogen) atoms. The van der Waals surface area contributed by atoms with Gasteiger partial charge >= 0.3 is 0 Å². The van der Waals surface area contributed by atoms with Gasteiger partial charge in [-0.05, 0) is 37.8 Å². The second kappa shape index (κ2) is 8.22. The Labute approximate surface area is 158 Å². The highest BCUT2D eigenvalue weighted by Crippen LogP contribution is 2.30. The van der Waals surface area contributed by atoms with E-state index < -0.39 is 14.9 Å². The predicted molar refractivity (Wildman–Crippen MR) is 100 cm³/mol. The van der Waals surface area contributed by atoms with Crippen LogP contribution in [0.3, 0.4) is 0 Å². The molecule has 9 nitrogen and oxygen atoms in total. The third-order valence-corrected chi connectivity index (χ3v) is 6.85. The van der Waals surface area contributed by atoms with Gasteiger partial charge < -0.3 is 10.2 Å². The van der Waals surface area contributed by atoms with Crippen molar-refractivity contribution in [1.82, 2.24) is 9.21 Å². The van der Waals surface area contributed by atoms with E-state index in [1.54, 1.807) is 4.90 Å². The second-order valence-corrected chi connectivity index (χ2v) is 8.75. The number of likely N-dealkylation sites (tertiary alicyclic amines) is 1. The maximum absolute atomic E-state index is 12.6. The minimum Gasteiger partial charge on any atom is -0.379 e. The molecular weight excluding hydrogens is 372 g/mol.